The number of ether oxygens (including phenoxy) is 1. The normalized spacial score (nSPS) is 12.2. The van der Waals surface area contributed by atoms with Crippen LogP contribution in [0.3, 0.4) is 0 Å². The van der Waals surface area contributed by atoms with Crippen LogP contribution < -0.4 is 14.4 Å². The minimum atomic E-state index is -3.90. The first-order valence-electron chi connectivity index (χ1n) is 11.8. The molecule has 0 aromatic heterocycles. The van der Waals surface area contributed by atoms with E-state index in [-0.39, 0.29) is 29.8 Å². The van der Waals surface area contributed by atoms with Crippen molar-refractivity contribution >= 4 is 39.1 Å². The van der Waals surface area contributed by atoms with E-state index in [0.29, 0.717) is 18.0 Å². The number of rotatable bonds is 12. The highest BCUT2D eigenvalue weighted by Crippen LogP contribution is 2.33. The van der Waals surface area contributed by atoms with Crippen LogP contribution in [-0.2, 0) is 26.2 Å². The quantitative estimate of drug-likeness (QED) is 0.441. The van der Waals surface area contributed by atoms with E-state index < -0.39 is 28.5 Å². The van der Waals surface area contributed by atoms with Crippen LogP contribution in [0.5, 0.6) is 5.75 Å². The number of benzene rings is 2. The van der Waals surface area contributed by atoms with Gasteiger partial charge in [-0.1, -0.05) is 62.2 Å². The van der Waals surface area contributed by atoms with E-state index in [1.54, 1.807) is 12.1 Å². The number of nitrogens with zero attached hydrogens (tertiary/aromatic N) is 2. The second kappa shape index (κ2) is 13.0. The Morgan fingerprint density at radius 1 is 1.14 bits per heavy atom. The molecule has 0 aliphatic rings. The first kappa shape index (κ1) is 29.5. The molecule has 0 radical (unpaired) electrons. The molecule has 0 spiro atoms. The monoisotopic (exact) mass is 537 g/mol. The zero-order valence-electron chi connectivity index (χ0n) is 21.7. The molecular weight excluding hydrogens is 502 g/mol. The Hall–Kier alpha value is -2.78. The Morgan fingerprint density at radius 3 is 2.39 bits per heavy atom. The fraction of sp³-hybridized carbons (Fsp3) is 0.462. The molecule has 2 amide bonds. The van der Waals surface area contributed by atoms with Crippen LogP contribution in [0.2, 0.25) is 5.02 Å². The molecule has 0 unspecified atom stereocenters. The summed E-state index contributed by atoms with van der Waals surface area (Å²) in [6.07, 6.45) is 1.37. The Bertz CT molecular complexity index is 1170. The van der Waals surface area contributed by atoms with Crippen LogP contribution in [0.1, 0.15) is 38.3 Å². The Kier molecular flexibility index (Phi) is 10.6. The molecule has 0 heterocycles. The fourth-order valence-corrected chi connectivity index (χ4v) is 4.81. The van der Waals surface area contributed by atoms with Gasteiger partial charge in [-0.15, -0.1) is 0 Å². The summed E-state index contributed by atoms with van der Waals surface area (Å²) < 4.78 is 31.9. The van der Waals surface area contributed by atoms with Gasteiger partial charge < -0.3 is 15.0 Å². The van der Waals surface area contributed by atoms with E-state index in [0.717, 1.165) is 21.7 Å². The first-order chi connectivity index (χ1) is 16.9. The molecular formula is C26H36ClN3O5S. The highest BCUT2D eigenvalue weighted by molar-refractivity contribution is 7.92. The van der Waals surface area contributed by atoms with Crippen LogP contribution in [0, 0.1) is 12.8 Å². The lowest BCUT2D eigenvalue weighted by Crippen LogP contribution is -2.52. The van der Waals surface area contributed by atoms with Crippen LogP contribution in [0.25, 0.3) is 0 Å². The largest absolute Gasteiger partial charge is 0.495 e. The molecule has 2 aromatic carbocycles. The van der Waals surface area contributed by atoms with Crippen molar-refractivity contribution < 1.29 is 22.7 Å². The van der Waals surface area contributed by atoms with Crippen molar-refractivity contribution in [1.82, 2.24) is 10.2 Å². The molecule has 1 atom stereocenters. The molecule has 0 fully saturated rings. The number of methoxy groups -OCH3 is 1. The molecule has 0 saturated carbocycles. The Balaban J connectivity index is 2.49. The molecule has 8 nitrogen and oxygen atoms in total. The van der Waals surface area contributed by atoms with E-state index in [9.17, 15) is 18.0 Å². The van der Waals surface area contributed by atoms with Crippen molar-refractivity contribution in [2.45, 2.75) is 46.7 Å². The third kappa shape index (κ3) is 8.13. The number of nitrogens with one attached hydrogen (secondary N) is 1. The molecule has 2 rings (SSSR count). The summed E-state index contributed by atoms with van der Waals surface area (Å²) in [5, 5.41) is 3.20. The van der Waals surface area contributed by atoms with Crippen molar-refractivity contribution in [2.75, 3.05) is 30.8 Å². The number of hydrogen-bond acceptors (Lipinski definition) is 5. The standard InChI is InChI=1S/C26H36ClN3O5S/c1-7-22(26(32)28-15-18(2)3)29(16-20-10-8-9-19(4)13-20)25(31)17-30(36(6,33)34)23-14-21(27)11-12-24(23)35-5/h8-14,18,22H,7,15-17H2,1-6H3,(H,28,32)/t22-/m1/s1. The van der Waals surface area contributed by atoms with Crippen LogP contribution in [0.4, 0.5) is 5.69 Å². The predicted molar refractivity (Wildman–Crippen MR) is 144 cm³/mol. The number of aryl methyl sites for hydroxylation is 1. The van der Waals surface area contributed by atoms with Crippen molar-refractivity contribution in [2.24, 2.45) is 5.92 Å². The molecule has 0 aliphatic heterocycles. The number of carbonyl (C=O) groups excluding carboxylic acids is 2. The lowest BCUT2D eigenvalue weighted by Gasteiger charge is -2.33. The maximum absolute atomic E-state index is 13.8. The molecule has 0 aliphatic carbocycles. The maximum Gasteiger partial charge on any atom is 0.244 e. The topological polar surface area (TPSA) is 96.0 Å². The van der Waals surface area contributed by atoms with Gasteiger partial charge in [0.15, 0.2) is 0 Å². The number of sulfonamides is 1. The average Bonchev–Trinajstić information content (AvgIpc) is 2.80. The fourth-order valence-electron chi connectivity index (χ4n) is 3.80. The summed E-state index contributed by atoms with van der Waals surface area (Å²) in [4.78, 5) is 28.3. The summed E-state index contributed by atoms with van der Waals surface area (Å²) in [5.74, 6) is -0.304. The molecule has 10 heteroatoms. The molecule has 0 bridgehead atoms. The van der Waals surface area contributed by atoms with Gasteiger partial charge in [0.2, 0.25) is 21.8 Å². The molecule has 0 saturated heterocycles. The van der Waals surface area contributed by atoms with Crippen LogP contribution in [0.15, 0.2) is 42.5 Å². The Labute approximate surface area is 219 Å². The summed E-state index contributed by atoms with van der Waals surface area (Å²) in [5.41, 5.74) is 2.00. The second-order valence-corrected chi connectivity index (χ2v) is 11.5. The number of halogens is 1. The highest BCUT2D eigenvalue weighted by Gasteiger charge is 2.32. The summed E-state index contributed by atoms with van der Waals surface area (Å²) in [6, 6.07) is 11.4. The number of hydrogen-bond donors (Lipinski definition) is 1. The average molecular weight is 538 g/mol. The summed E-state index contributed by atoms with van der Waals surface area (Å²) in [6.45, 7) is 7.84. The second-order valence-electron chi connectivity index (χ2n) is 9.16. The van der Waals surface area contributed by atoms with Crippen molar-refractivity contribution in [3.05, 3.63) is 58.6 Å². The highest BCUT2D eigenvalue weighted by atomic mass is 35.5. The van der Waals surface area contributed by atoms with Crippen LogP contribution >= 0.6 is 11.6 Å². The van der Waals surface area contributed by atoms with Gasteiger partial charge >= 0.3 is 0 Å². The van der Waals surface area contributed by atoms with E-state index in [4.69, 9.17) is 16.3 Å². The maximum atomic E-state index is 13.8. The Morgan fingerprint density at radius 2 is 1.83 bits per heavy atom. The van der Waals surface area contributed by atoms with Gasteiger partial charge in [0.25, 0.3) is 0 Å². The third-order valence-electron chi connectivity index (χ3n) is 5.59. The summed E-state index contributed by atoms with van der Waals surface area (Å²) in [7, 11) is -2.49. The van der Waals surface area contributed by atoms with Crippen LogP contribution in [-0.4, -0.2) is 57.6 Å². The third-order valence-corrected chi connectivity index (χ3v) is 6.96. The smallest absolute Gasteiger partial charge is 0.244 e. The van der Waals surface area contributed by atoms with E-state index >= 15 is 0 Å². The minimum Gasteiger partial charge on any atom is -0.495 e. The lowest BCUT2D eigenvalue weighted by atomic mass is 10.1. The van der Waals surface area contributed by atoms with E-state index in [1.165, 1.54) is 18.1 Å². The number of amides is 2. The molecule has 198 valence electrons. The molecule has 1 N–H and O–H groups in total. The van der Waals surface area contributed by atoms with Gasteiger partial charge in [0.05, 0.1) is 19.1 Å². The van der Waals surface area contributed by atoms with Gasteiger partial charge in [0, 0.05) is 18.1 Å². The first-order valence-corrected chi connectivity index (χ1v) is 14.0. The van der Waals surface area contributed by atoms with Gasteiger partial charge in [0.1, 0.15) is 18.3 Å². The van der Waals surface area contributed by atoms with Gasteiger partial charge in [-0.2, -0.15) is 0 Å². The number of anilines is 1. The minimum absolute atomic E-state index is 0.147. The zero-order valence-corrected chi connectivity index (χ0v) is 23.3. The molecule has 36 heavy (non-hydrogen) atoms. The zero-order chi connectivity index (χ0) is 27.0. The number of carbonyl (C=O) groups is 2. The van der Waals surface area contributed by atoms with E-state index in [1.807, 2.05) is 52.0 Å². The predicted octanol–water partition coefficient (Wildman–Crippen LogP) is 4.00. The van der Waals surface area contributed by atoms with Crippen molar-refractivity contribution in [3.63, 3.8) is 0 Å². The van der Waals surface area contributed by atoms with Gasteiger partial charge in [-0.05, 0) is 43.0 Å². The van der Waals surface area contributed by atoms with Gasteiger partial charge in [-0.25, -0.2) is 8.42 Å². The van der Waals surface area contributed by atoms with Crippen molar-refractivity contribution in [1.29, 1.82) is 0 Å². The lowest BCUT2D eigenvalue weighted by molar-refractivity contribution is -0.140. The van der Waals surface area contributed by atoms with Gasteiger partial charge in [-0.3, -0.25) is 13.9 Å². The molecule has 2 aromatic rings. The summed E-state index contributed by atoms with van der Waals surface area (Å²) >= 11 is 6.14. The van der Waals surface area contributed by atoms with E-state index in [2.05, 4.69) is 5.32 Å². The SMILES string of the molecule is CC[C@H](C(=O)NCC(C)C)N(Cc1cccc(C)c1)C(=O)CN(c1cc(Cl)ccc1OC)S(C)(=O)=O. The van der Waals surface area contributed by atoms with Crippen molar-refractivity contribution in [3.8, 4) is 5.75 Å².